The van der Waals surface area contributed by atoms with Crippen LogP contribution in [0.2, 0.25) is 5.02 Å². The zero-order valence-corrected chi connectivity index (χ0v) is 17.0. The number of hydrogen-bond donors (Lipinski definition) is 0. The average Bonchev–Trinajstić information content (AvgIpc) is 3.38. The van der Waals surface area contributed by atoms with Gasteiger partial charge >= 0.3 is 6.18 Å². The molecule has 6 nitrogen and oxygen atoms in total. The lowest BCUT2D eigenvalue weighted by atomic mass is 10.2. The number of benzene rings is 2. The summed E-state index contributed by atoms with van der Waals surface area (Å²) in [5, 5.41) is 7.69. The minimum absolute atomic E-state index is 0.0872. The molecule has 0 N–H and O–H groups in total. The van der Waals surface area contributed by atoms with Crippen molar-refractivity contribution >= 4 is 21.6 Å². The monoisotopic (exact) mass is 456 g/mol. The van der Waals surface area contributed by atoms with Crippen molar-refractivity contribution in [3.8, 4) is 11.3 Å². The van der Waals surface area contributed by atoms with Gasteiger partial charge in [-0.25, -0.2) is 13.1 Å². The van der Waals surface area contributed by atoms with Crippen molar-refractivity contribution in [2.24, 2.45) is 0 Å². The molecule has 0 amide bonds. The molecule has 0 radical (unpaired) electrons. The van der Waals surface area contributed by atoms with Crippen molar-refractivity contribution in [3.63, 3.8) is 0 Å². The topological polar surface area (TPSA) is 68.1 Å². The highest BCUT2D eigenvalue weighted by Crippen LogP contribution is 2.37. The molecule has 1 aliphatic rings. The highest BCUT2D eigenvalue weighted by atomic mass is 35.5. The number of rotatable bonds is 4. The Hall–Kier alpha value is -2.43. The number of alkyl halides is 3. The lowest BCUT2D eigenvalue weighted by Crippen LogP contribution is -2.29. The van der Waals surface area contributed by atoms with Crippen LogP contribution in [0.25, 0.3) is 11.3 Å². The summed E-state index contributed by atoms with van der Waals surface area (Å²) in [6.45, 7) is 0.251. The van der Waals surface area contributed by atoms with E-state index < -0.39 is 31.7 Å². The standard InChI is InChI=1S/C19H16ClF3N4O2S/c20-17-7-6-15(10-16(17)19(21,22)23)30(28,29)26-9-8-14(11-26)27-12-18(24-25-27)13-4-2-1-3-5-13/h1-7,10,12,14H,8-9,11H2. The molecule has 2 heterocycles. The zero-order chi connectivity index (χ0) is 21.5. The van der Waals surface area contributed by atoms with E-state index in [1.807, 2.05) is 30.3 Å². The molecule has 1 atom stereocenters. The summed E-state index contributed by atoms with van der Waals surface area (Å²) in [5.41, 5.74) is 0.362. The second kappa shape index (κ2) is 7.68. The summed E-state index contributed by atoms with van der Waals surface area (Å²) >= 11 is 5.60. The van der Waals surface area contributed by atoms with E-state index >= 15 is 0 Å². The fraction of sp³-hybridized carbons (Fsp3) is 0.263. The van der Waals surface area contributed by atoms with Gasteiger partial charge in [0.1, 0.15) is 5.69 Å². The van der Waals surface area contributed by atoms with Gasteiger partial charge in [0.05, 0.1) is 27.7 Å². The fourth-order valence-corrected chi connectivity index (χ4v) is 5.12. The first-order valence-electron chi connectivity index (χ1n) is 9.00. The normalized spacial score (nSPS) is 18.1. The van der Waals surface area contributed by atoms with E-state index in [-0.39, 0.29) is 19.1 Å². The SMILES string of the molecule is O=S(=O)(c1ccc(Cl)c(C(F)(F)F)c1)N1CCC(n2cc(-c3ccccc3)nn2)C1. The second-order valence-corrected chi connectivity index (χ2v) is 9.24. The van der Waals surface area contributed by atoms with Gasteiger partial charge in [0, 0.05) is 18.7 Å². The van der Waals surface area contributed by atoms with Crippen LogP contribution in [0.15, 0.2) is 59.6 Å². The maximum atomic E-state index is 13.1. The van der Waals surface area contributed by atoms with E-state index in [9.17, 15) is 21.6 Å². The summed E-state index contributed by atoms with van der Waals surface area (Å²) < 4.78 is 67.9. The molecule has 1 unspecified atom stereocenters. The van der Waals surface area contributed by atoms with Crippen molar-refractivity contribution in [2.75, 3.05) is 13.1 Å². The minimum atomic E-state index is -4.75. The zero-order valence-electron chi connectivity index (χ0n) is 15.4. The van der Waals surface area contributed by atoms with Crippen LogP contribution >= 0.6 is 11.6 Å². The molecule has 30 heavy (non-hydrogen) atoms. The van der Waals surface area contributed by atoms with E-state index in [0.717, 1.165) is 22.0 Å². The molecule has 0 bridgehead atoms. The van der Waals surface area contributed by atoms with Crippen LogP contribution in [0, 0.1) is 0 Å². The van der Waals surface area contributed by atoms with Crippen LogP contribution in [0.3, 0.4) is 0 Å². The maximum absolute atomic E-state index is 13.1. The third-order valence-corrected chi connectivity index (χ3v) is 7.15. The lowest BCUT2D eigenvalue weighted by molar-refractivity contribution is -0.137. The molecule has 1 aromatic heterocycles. The Bertz CT molecular complexity index is 1170. The van der Waals surface area contributed by atoms with Gasteiger partial charge in [-0.1, -0.05) is 47.1 Å². The van der Waals surface area contributed by atoms with E-state index in [0.29, 0.717) is 18.2 Å². The minimum Gasteiger partial charge on any atom is -0.247 e. The number of aromatic nitrogens is 3. The van der Waals surface area contributed by atoms with Gasteiger partial charge in [0.15, 0.2) is 0 Å². The molecular weight excluding hydrogens is 441 g/mol. The number of halogens is 4. The van der Waals surface area contributed by atoms with Crippen LogP contribution in [0.5, 0.6) is 0 Å². The molecule has 2 aromatic carbocycles. The molecule has 0 spiro atoms. The van der Waals surface area contributed by atoms with E-state index in [1.54, 1.807) is 10.9 Å². The van der Waals surface area contributed by atoms with Gasteiger partial charge in [-0.15, -0.1) is 5.10 Å². The van der Waals surface area contributed by atoms with Crippen molar-refractivity contribution in [3.05, 3.63) is 65.3 Å². The third kappa shape index (κ3) is 3.94. The number of hydrogen-bond acceptors (Lipinski definition) is 4. The molecule has 0 saturated carbocycles. The van der Waals surface area contributed by atoms with Gasteiger partial charge in [0.2, 0.25) is 10.0 Å². The highest BCUT2D eigenvalue weighted by Gasteiger charge is 2.38. The van der Waals surface area contributed by atoms with Crippen LogP contribution in [-0.2, 0) is 16.2 Å². The Morgan fingerprint density at radius 2 is 1.83 bits per heavy atom. The summed E-state index contributed by atoms with van der Waals surface area (Å²) in [4.78, 5) is -0.441. The molecule has 1 saturated heterocycles. The largest absolute Gasteiger partial charge is 0.417 e. The Balaban J connectivity index is 1.55. The molecule has 11 heteroatoms. The number of sulfonamides is 1. The maximum Gasteiger partial charge on any atom is 0.417 e. The summed E-state index contributed by atoms with van der Waals surface area (Å²) in [5.74, 6) is 0. The van der Waals surface area contributed by atoms with E-state index in [2.05, 4.69) is 10.3 Å². The van der Waals surface area contributed by atoms with Crippen molar-refractivity contribution in [1.29, 1.82) is 0 Å². The highest BCUT2D eigenvalue weighted by molar-refractivity contribution is 7.89. The predicted octanol–water partition coefficient (Wildman–Crippen LogP) is 4.25. The van der Waals surface area contributed by atoms with Crippen LogP contribution in [0.4, 0.5) is 13.2 Å². The van der Waals surface area contributed by atoms with Crippen molar-refractivity contribution in [1.82, 2.24) is 19.3 Å². The van der Waals surface area contributed by atoms with Gasteiger partial charge in [-0.05, 0) is 24.6 Å². The number of nitrogens with zero attached hydrogens (tertiary/aromatic N) is 4. The second-order valence-electron chi connectivity index (χ2n) is 6.89. The summed E-state index contributed by atoms with van der Waals surface area (Å²) in [6, 6.07) is 11.8. The Kier molecular flexibility index (Phi) is 5.33. The quantitative estimate of drug-likeness (QED) is 0.588. The molecule has 1 fully saturated rings. The molecule has 1 aliphatic heterocycles. The van der Waals surface area contributed by atoms with Gasteiger partial charge in [-0.2, -0.15) is 17.5 Å². The van der Waals surface area contributed by atoms with Crippen LogP contribution in [0.1, 0.15) is 18.0 Å². The van der Waals surface area contributed by atoms with Crippen LogP contribution < -0.4 is 0 Å². The van der Waals surface area contributed by atoms with E-state index in [4.69, 9.17) is 11.6 Å². The van der Waals surface area contributed by atoms with Gasteiger partial charge in [-0.3, -0.25) is 0 Å². The Morgan fingerprint density at radius 3 is 2.53 bits per heavy atom. The fourth-order valence-electron chi connectivity index (χ4n) is 3.37. The van der Waals surface area contributed by atoms with E-state index in [1.165, 1.54) is 0 Å². The summed E-state index contributed by atoms with van der Waals surface area (Å²) in [6.07, 6.45) is -2.54. The van der Waals surface area contributed by atoms with Gasteiger partial charge in [0.25, 0.3) is 0 Å². The van der Waals surface area contributed by atoms with Gasteiger partial charge < -0.3 is 0 Å². The Morgan fingerprint density at radius 1 is 1.10 bits per heavy atom. The average molecular weight is 457 g/mol. The first-order chi connectivity index (χ1) is 14.2. The predicted molar refractivity (Wildman–Crippen MR) is 104 cm³/mol. The third-order valence-electron chi connectivity index (χ3n) is 4.96. The molecular formula is C19H16ClF3N4O2S. The first-order valence-corrected chi connectivity index (χ1v) is 10.8. The Labute approximate surface area is 175 Å². The van der Waals surface area contributed by atoms with Crippen molar-refractivity contribution in [2.45, 2.75) is 23.5 Å². The summed E-state index contributed by atoms with van der Waals surface area (Å²) in [7, 11) is -4.11. The first kappa shape index (κ1) is 20.8. The lowest BCUT2D eigenvalue weighted by Gasteiger charge is -2.18. The smallest absolute Gasteiger partial charge is 0.247 e. The van der Waals surface area contributed by atoms with Crippen LogP contribution in [-0.4, -0.2) is 40.8 Å². The molecule has 0 aliphatic carbocycles. The molecule has 158 valence electrons. The van der Waals surface area contributed by atoms with Crippen molar-refractivity contribution < 1.29 is 21.6 Å². The molecule has 4 rings (SSSR count). The molecule has 3 aromatic rings.